The van der Waals surface area contributed by atoms with Gasteiger partial charge in [0.15, 0.2) is 5.69 Å². The summed E-state index contributed by atoms with van der Waals surface area (Å²) in [4.78, 5) is 19.6. The standard InChI is InChI=1S/C12H14N6O/c1-2-14-11-4-3-10(17-18-11)12(19)15-7-9-5-6-13-8-16-9/h3-6,8H,2,7H2,1H3,(H,14,18)(H,15,19). The van der Waals surface area contributed by atoms with E-state index in [4.69, 9.17) is 0 Å². The number of anilines is 1. The van der Waals surface area contributed by atoms with Crippen LogP contribution >= 0.6 is 0 Å². The second-order valence-corrected chi connectivity index (χ2v) is 3.72. The number of nitrogens with zero attached hydrogens (tertiary/aromatic N) is 4. The predicted octanol–water partition coefficient (Wildman–Crippen LogP) is 0.628. The molecule has 0 bridgehead atoms. The minimum Gasteiger partial charge on any atom is -0.369 e. The molecule has 0 aliphatic heterocycles. The number of nitrogens with one attached hydrogen (secondary N) is 2. The Hall–Kier alpha value is -2.57. The minimum absolute atomic E-state index is 0.274. The molecule has 0 saturated heterocycles. The second-order valence-electron chi connectivity index (χ2n) is 3.72. The molecular formula is C12H14N6O. The van der Waals surface area contributed by atoms with Crippen LogP contribution in [-0.2, 0) is 6.54 Å². The fourth-order valence-corrected chi connectivity index (χ4v) is 1.41. The number of aromatic nitrogens is 4. The largest absolute Gasteiger partial charge is 0.369 e. The summed E-state index contributed by atoms with van der Waals surface area (Å²) in [6.07, 6.45) is 3.06. The summed E-state index contributed by atoms with van der Waals surface area (Å²) in [6, 6.07) is 5.08. The maximum Gasteiger partial charge on any atom is 0.272 e. The molecule has 19 heavy (non-hydrogen) atoms. The van der Waals surface area contributed by atoms with Crippen LogP contribution < -0.4 is 10.6 Å². The van der Waals surface area contributed by atoms with Gasteiger partial charge in [0, 0.05) is 12.7 Å². The second kappa shape index (κ2) is 6.39. The highest BCUT2D eigenvalue weighted by Crippen LogP contribution is 2.01. The van der Waals surface area contributed by atoms with Crippen LogP contribution in [0.2, 0.25) is 0 Å². The predicted molar refractivity (Wildman–Crippen MR) is 69.4 cm³/mol. The number of hydrogen-bond donors (Lipinski definition) is 2. The van der Waals surface area contributed by atoms with Crippen LogP contribution in [0.25, 0.3) is 0 Å². The Morgan fingerprint density at radius 2 is 2.16 bits per heavy atom. The van der Waals surface area contributed by atoms with Gasteiger partial charge >= 0.3 is 0 Å². The average Bonchev–Trinajstić information content (AvgIpc) is 2.47. The summed E-state index contributed by atoms with van der Waals surface area (Å²) < 4.78 is 0. The molecule has 0 fully saturated rings. The van der Waals surface area contributed by atoms with Gasteiger partial charge in [0.2, 0.25) is 0 Å². The van der Waals surface area contributed by atoms with Crippen LogP contribution in [0, 0.1) is 0 Å². The van der Waals surface area contributed by atoms with Crippen LogP contribution in [0.15, 0.2) is 30.7 Å². The molecule has 0 unspecified atom stereocenters. The van der Waals surface area contributed by atoms with Gasteiger partial charge in [-0.2, -0.15) is 0 Å². The van der Waals surface area contributed by atoms with Gasteiger partial charge in [-0.1, -0.05) is 0 Å². The molecule has 1 amide bonds. The highest BCUT2D eigenvalue weighted by Gasteiger charge is 2.07. The van der Waals surface area contributed by atoms with Crippen molar-refractivity contribution in [2.45, 2.75) is 13.5 Å². The monoisotopic (exact) mass is 258 g/mol. The van der Waals surface area contributed by atoms with Gasteiger partial charge in [-0.25, -0.2) is 9.97 Å². The lowest BCUT2D eigenvalue weighted by atomic mass is 10.3. The van der Waals surface area contributed by atoms with E-state index in [0.717, 1.165) is 12.2 Å². The van der Waals surface area contributed by atoms with Gasteiger partial charge in [0.05, 0.1) is 12.2 Å². The van der Waals surface area contributed by atoms with Crippen LogP contribution in [0.4, 0.5) is 5.82 Å². The normalized spacial score (nSPS) is 9.95. The summed E-state index contributed by atoms with van der Waals surface area (Å²) in [7, 11) is 0. The van der Waals surface area contributed by atoms with Crippen LogP contribution in [0.5, 0.6) is 0 Å². The van der Waals surface area contributed by atoms with E-state index in [2.05, 4.69) is 30.8 Å². The molecular weight excluding hydrogens is 244 g/mol. The fourth-order valence-electron chi connectivity index (χ4n) is 1.41. The molecule has 7 nitrogen and oxygen atoms in total. The summed E-state index contributed by atoms with van der Waals surface area (Å²) >= 11 is 0. The van der Waals surface area contributed by atoms with Crippen molar-refractivity contribution in [1.29, 1.82) is 0 Å². The molecule has 2 N–H and O–H groups in total. The first-order valence-electron chi connectivity index (χ1n) is 5.90. The number of hydrogen-bond acceptors (Lipinski definition) is 6. The van der Waals surface area contributed by atoms with Crippen LogP contribution in [0.1, 0.15) is 23.1 Å². The number of amides is 1. The minimum atomic E-state index is -0.283. The van der Waals surface area contributed by atoms with E-state index < -0.39 is 0 Å². The van der Waals surface area contributed by atoms with Crippen molar-refractivity contribution < 1.29 is 4.79 Å². The maximum atomic E-state index is 11.8. The highest BCUT2D eigenvalue weighted by molar-refractivity contribution is 5.92. The van der Waals surface area contributed by atoms with E-state index in [1.165, 1.54) is 6.33 Å². The maximum absolute atomic E-state index is 11.8. The quantitative estimate of drug-likeness (QED) is 0.817. The summed E-state index contributed by atoms with van der Waals surface area (Å²) in [5.41, 5.74) is 1.01. The Labute approximate surface area is 110 Å². The zero-order valence-electron chi connectivity index (χ0n) is 10.5. The lowest BCUT2D eigenvalue weighted by Crippen LogP contribution is -2.24. The Morgan fingerprint density at radius 3 is 2.79 bits per heavy atom. The molecule has 0 saturated carbocycles. The van der Waals surface area contributed by atoms with E-state index in [-0.39, 0.29) is 11.6 Å². The third kappa shape index (κ3) is 3.70. The van der Waals surface area contributed by atoms with E-state index in [9.17, 15) is 4.79 Å². The first-order valence-corrected chi connectivity index (χ1v) is 5.90. The molecule has 0 aliphatic rings. The number of carbonyl (C=O) groups excluding carboxylic acids is 1. The molecule has 7 heteroatoms. The van der Waals surface area contributed by atoms with Crippen molar-refractivity contribution in [1.82, 2.24) is 25.5 Å². The third-order valence-corrected chi connectivity index (χ3v) is 2.33. The van der Waals surface area contributed by atoms with Crippen molar-refractivity contribution >= 4 is 11.7 Å². The van der Waals surface area contributed by atoms with Crippen molar-refractivity contribution in [3.05, 3.63) is 42.1 Å². The molecule has 0 aliphatic carbocycles. The summed E-state index contributed by atoms with van der Waals surface area (Å²) in [6.45, 7) is 3.05. The molecule has 0 radical (unpaired) electrons. The molecule has 2 rings (SSSR count). The van der Waals surface area contributed by atoms with E-state index >= 15 is 0 Å². The van der Waals surface area contributed by atoms with Crippen molar-refractivity contribution in [2.24, 2.45) is 0 Å². The highest BCUT2D eigenvalue weighted by atomic mass is 16.1. The molecule has 2 heterocycles. The van der Waals surface area contributed by atoms with E-state index in [1.54, 1.807) is 24.4 Å². The molecule has 98 valence electrons. The number of carbonyl (C=O) groups is 1. The van der Waals surface area contributed by atoms with Gasteiger partial charge < -0.3 is 10.6 Å². The Bertz CT molecular complexity index is 528. The molecule has 0 aromatic carbocycles. The lowest BCUT2D eigenvalue weighted by molar-refractivity contribution is 0.0944. The van der Waals surface area contributed by atoms with E-state index in [1.807, 2.05) is 6.92 Å². The van der Waals surface area contributed by atoms with E-state index in [0.29, 0.717) is 12.4 Å². The van der Waals surface area contributed by atoms with Crippen LogP contribution in [-0.4, -0.2) is 32.6 Å². The molecule has 0 spiro atoms. The van der Waals surface area contributed by atoms with Gasteiger partial charge in [-0.15, -0.1) is 10.2 Å². The number of rotatable bonds is 5. The Morgan fingerprint density at radius 1 is 1.26 bits per heavy atom. The average molecular weight is 258 g/mol. The fraction of sp³-hybridized carbons (Fsp3) is 0.250. The SMILES string of the molecule is CCNc1ccc(C(=O)NCc2ccncn2)nn1. The Balaban J connectivity index is 1.92. The zero-order valence-corrected chi connectivity index (χ0v) is 10.5. The third-order valence-electron chi connectivity index (χ3n) is 2.33. The lowest BCUT2D eigenvalue weighted by Gasteiger charge is -2.04. The van der Waals surface area contributed by atoms with Crippen molar-refractivity contribution in [3.63, 3.8) is 0 Å². The van der Waals surface area contributed by atoms with Gasteiger partial charge in [-0.05, 0) is 25.1 Å². The van der Waals surface area contributed by atoms with Gasteiger partial charge in [-0.3, -0.25) is 4.79 Å². The van der Waals surface area contributed by atoms with Gasteiger partial charge in [0.25, 0.3) is 5.91 Å². The van der Waals surface area contributed by atoms with Crippen LogP contribution in [0.3, 0.4) is 0 Å². The molecule has 2 aromatic rings. The zero-order chi connectivity index (χ0) is 13.5. The summed E-state index contributed by atoms with van der Waals surface area (Å²) in [5.74, 6) is 0.365. The molecule has 2 aromatic heterocycles. The topological polar surface area (TPSA) is 92.7 Å². The van der Waals surface area contributed by atoms with Gasteiger partial charge in [0.1, 0.15) is 12.1 Å². The Kier molecular flexibility index (Phi) is 4.33. The summed E-state index contributed by atoms with van der Waals surface area (Å²) in [5, 5.41) is 13.5. The smallest absolute Gasteiger partial charge is 0.272 e. The van der Waals surface area contributed by atoms with Crippen molar-refractivity contribution in [3.8, 4) is 0 Å². The van der Waals surface area contributed by atoms with Crippen molar-refractivity contribution in [2.75, 3.05) is 11.9 Å². The first kappa shape index (κ1) is 12.9. The molecule has 0 atom stereocenters. The first-order chi connectivity index (χ1) is 9.29.